The Hall–Kier alpha value is -2.08. The van der Waals surface area contributed by atoms with Gasteiger partial charge in [-0.3, -0.25) is 14.4 Å². The molecule has 6 nitrogen and oxygen atoms in total. The van der Waals surface area contributed by atoms with E-state index in [0.29, 0.717) is 18.0 Å². The summed E-state index contributed by atoms with van der Waals surface area (Å²) in [6.45, 7) is 2.17. The Kier molecular flexibility index (Phi) is 4.73. The summed E-state index contributed by atoms with van der Waals surface area (Å²) in [5, 5.41) is 9.83. The van der Waals surface area contributed by atoms with Gasteiger partial charge in [0.1, 0.15) is 0 Å². The zero-order valence-electron chi connectivity index (χ0n) is 14.2. The first kappa shape index (κ1) is 17.7. The molecule has 4 unspecified atom stereocenters. The zero-order chi connectivity index (χ0) is 18.3. The average Bonchev–Trinajstić information content (AvgIpc) is 3.08. The van der Waals surface area contributed by atoms with Crippen molar-refractivity contribution >= 4 is 29.4 Å². The number of hydrogen-bond acceptors (Lipinski definition) is 3. The molecule has 0 saturated carbocycles. The highest BCUT2D eigenvalue weighted by Gasteiger charge is 2.47. The first-order valence-electron chi connectivity index (χ1n) is 8.35. The topological polar surface area (TPSA) is 77.9 Å². The van der Waals surface area contributed by atoms with Crippen LogP contribution < -0.4 is 0 Å². The molecule has 0 aliphatic carbocycles. The molecule has 3 rings (SSSR count). The third kappa shape index (κ3) is 3.11. The van der Waals surface area contributed by atoms with Crippen molar-refractivity contribution in [2.75, 3.05) is 13.6 Å². The van der Waals surface area contributed by atoms with Gasteiger partial charge < -0.3 is 14.9 Å². The Morgan fingerprint density at radius 2 is 2.00 bits per heavy atom. The van der Waals surface area contributed by atoms with Crippen LogP contribution in [0.2, 0.25) is 5.02 Å². The highest BCUT2D eigenvalue weighted by Crippen LogP contribution is 2.40. The summed E-state index contributed by atoms with van der Waals surface area (Å²) >= 11 is 6.07. The summed E-state index contributed by atoms with van der Waals surface area (Å²) in [7, 11) is 1.69. The Balaban J connectivity index is 1.88. The smallest absolute Gasteiger partial charge is 0.308 e. The number of benzene rings is 1. The van der Waals surface area contributed by atoms with Gasteiger partial charge in [-0.25, -0.2) is 0 Å². The number of hydrogen-bond donors (Lipinski definition) is 1. The molecule has 1 aromatic rings. The molecule has 1 N–H and O–H groups in total. The van der Waals surface area contributed by atoms with Gasteiger partial charge in [-0.1, -0.05) is 23.7 Å². The Morgan fingerprint density at radius 1 is 1.28 bits per heavy atom. The number of carboxylic acid groups (broad SMARTS) is 1. The SMILES string of the molecule is CC1C(C(=O)O)CCN1C(=O)C1CC(=O)N(C)C1c1cccc(Cl)c1. The zero-order valence-corrected chi connectivity index (χ0v) is 14.9. The second-order valence-electron chi connectivity index (χ2n) is 6.82. The quantitative estimate of drug-likeness (QED) is 0.891. The summed E-state index contributed by atoms with van der Waals surface area (Å²) in [6.07, 6.45) is 0.577. The number of rotatable bonds is 3. The van der Waals surface area contributed by atoms with Crippen LogP contribution in [-0.4, -0.2) is 52.3 Å². The molecule has 134 valence electrons. The fourth-order valence-corrected chi connectivity index (χ4v) is 4.23. The normalized spacial score (nSPS) is 29.3. The standard InChI is InChI=1S/C18H21ClN2O4/c1-10-13(18(24)25)6-7-21(10)17(23)14-9-15(22)20(2)16(14)11-4-3-5-12(19)8-11/h3-5,8,10,13-14,16H,6-7,9H2,1-2H3,(H,24,25). The highest BCUT2D eigenvalue weighted by molar-refractivity contribution is 6.30. The predicted molar refractivity (Wildman–Crippen MR) is 92.0 cm³/mol. The average molecular weight is 365 g/mol. The molecule has 0 bridgehead atoms. The van der Waals surface area contributed by atoms with E-state index >= 15 is 0 Å². The summed E-state index contributed by atoms with van der Waals surface area (Å²) in [5.74, 6) is -2.20. The van der Waals surface area contributed by atoms with Gasteiger partial charge in [0.05, 0.1) is 17.9 Å². The number of likely N-dealkylation sites (tertiary alicyclic amines) is 2. The molecule has 2 aliphatic heterocycles. The van der Waals surface area contributed by atoms with E-state index in [2.05, 4.69) is 0 Å². The second-order valence-corrected chi connectivity index (χ2v) is 7.26. The van der Waals surface area contributed by atoms with Crippen LogP contribution in [0.1, 0.15) is 31.4 Å². The maximum atomic E-state index is 13.1. The molecule has 2 saturated heterocycles. The molecule has 4 atom stereocenters. The lowest BCUT2D eigenvalue weighted by atomic mass is 9.92. The van der Waals surface area contributed by atoms with Gasteiger partial charge in [0, 0.05) is 31.1 Å². The largest absolute Gasteiger partial charge is 0.481 e. The van der Waals surface area contributed by atoms with Gasteiger partial charge in [-0.2, -0.15) is 0 Å². The van der Waals surface area contributed by atoms with Crippen LogP contribution in [-0.2, 0) is 14.4 Å². The van der Waals surface area contributed by atoms with Crippen LogP contribution in [0.4, 0.5) is 0 Å². The Bertz CT molecular complexity index is 723. The molecule has 2 amide bonds. The molecular weight excluding hydrogens is 344 g/mol. The van der Waals surface area contributed by atoms with Gasteiger partial charge in [-0.05, 0) is 31.0 Å². The minimum absolute atomic E-state index is 0.0926. The fraction of sp³-hybridized carbons (Fsp3) is 0.500. The van der Waals surface area contributed by atoms with Crippen LogP contribution in [0.25, 0.3) is 0 Å². The molecule has 2 fully saturated rings. The number of amides is 2. The van der Waals surface area contributed by atoms with Crippen LogP contribution in [0.5, 0.6) is 0 Å². The van der Waals surface area contributed by atoms with E-state index in [-0.39, 0.29) is 30.3 Å². The number of carbonyl (C=O) groups is 3. The number of carbonyl (C=O) groups excluding carboxylic acids is 2. The van der Waals surface area contributed by atoms with Crippen LogP contribution in [0, 0.1) is 11.8 Å². The van der Waals surface area contributed by atoms with E-state index in [4.69, 9.17) is 11.6 Å². The third-order valence-electron chi connectivity index (χ3n) is 5.45. The van der Waals surface area contributed by atoms with Crippen molar-refractivity contribution in [1.29, 1.82) is 0 Å². The summed E-state index contributed by atoms with van der Waals surface area (Å²) in [6, 6.07) is 6.43. The lowest BCUT2D eigenvalue weighted by Crippen LogP contribution is -2.42. The molecule has 0 radical (unpaired) electrons. The minimum Gasteiger partial charge on any atom is -0.481 e. The lowest BCUT2D eigenvalue weighted by molar-refractivity contribution is -0.144. The van der Waals surface area contributed by atoms with Crippen molar-refractivity contribution in [2.45, 2.75) is 31.8 Å². The molecule has 7 heteroatoms. The van der Waals surface area contributed by atoms with Gasteiger partial charge in [0.25, 0.3) is 0 Å². The van der Waals surface area contributed by atoms with Crippen molar-refractivity contribution in [3.63, 3.8) is 0 Å². The predicted octanol–water partition coefficient (Wildman–Crippen LogP) is 2.18. The van der Waals surface area contributed by atoms with Crippen LogP contribution in [0.3, 0.4) is 0 Å². The molecule has 1 aromatic carbocycles. The van der Waals surface area contributed by atoms with Gasteiger partial charge >= 0.3 is 5.97 Å². The van der Waals surface area contributed by atoms with E-state index in [1.165, 1.54) is 0 Å². The molecule has 2 heterocycles. The van der Waals surface area contributed by atoms with E-state index in [1.54, 1.807) is 42.0 Å². The number of nitrogens with zero attached hydrogens (tertiary/aromatic N) is 2. The number of carboxylic acids is 1. The lowest BCUT2D eigenvalue weighted by Gasteiger charge is -2.30. The van der Waals surface area contributed by atoms with E-state index in [1.807, 2.05) is 6.07 Å². The number of halogens is 1. The molecule has 0 aromatic heterocycles. The first-order valence-corrected chi connectivity index (χ1v) is 8.73. The van der Waals surface area contributed by atoms with Crippen molar-refractivity contribution < 1.29 is 19.5 Å². The van der Waals surface area contributed by atoms with Gasteiger partial charge in [0.2, 0.25) is 11.8 Å². The first-order chi connectivity index (χ1) is 11.8. The maximum Gasteiger partial charge on any atom is 0.308 e. The van der Waals surface area contributed by atoms with Crippen molar-refractivity contribution in [3.8, 4) is 0 Å². The third-order valence-corrected chi connectivity index (χ3v) is 5.68. The van der Waals surface area contributed by atoms with E-state index in [0.717, 1.165) is 5.56 Å². The second kappa shape index (κ2) is 6.67. The van der Waals surface area contributed by atoms with Crippen LogP contribution in [0.15, 0.2) is 24.3 Å². The highest BCUT2D eigenvalue weighted by atomic mass is 35.5. The van der Waals surface area contributed by atoms with Gasteiger partial charge in [0.15, 0.2) is 0 Å². The fourth-order valence-electron chi connectivity index (χ4n) is 4.03. The Labute approximate surface area is 151 Å². The summed E-state index contributed by atoms with van der Waals surface area (Å²) < 4.78 is 0. The minimum atomic E-state index is -0.881. The summed E-state index contributed by atoms with van der Waals surface area (Å²) in [4.78, 5) is 39.9. The van der Waals surface area contributed by atoms with Crippen molar-refractivity contribution in [2.24, 2.45) is 11.8 Å². The van der Waals surface area contributed by atoms with Gasteiger partial charge in [-0.15, -0.1) is 0 Å². The number of aliphatic carboxylic acids is 1. The molecular formula is C18H21ClN2O4. The van der Waals surface area contributed by atoms with Crippen molar-refractivity contribution in [1.82, 2.24) is 9.80 Å². The summed E-state index contributed by atoms with van der Waals surface area (Å²) in [5.41, 5.74) is 0.820. The maximum absolute atomic E-state index is 13.1. The van der Waals surface area contributed by atoms with E-state index < -0.39 is 17.8 Å². The van der Waals surface area contributed by atoms with E-state index in [9.17, 15) is 19.5 Å². The molecule has 0 spiro atoms. The Morgan fingerprint density at radius 3 is 2.60 bits per heavy atom. The monoisotopic (exact) mass is 364 g/mol. The molecule has 25 heavy (non-hydrogen) atoms. The molecule has 2 aliphatic rings. The van der Waals surface area contributed by atoms with Crippen molar-refractivity contribution in [3.05, 3.63) is 34.9 Å². The van der Waals surface area contributed by atoms with Crippen LogP contribution >= 0.6 is 11.6 Å².